The number of rotatable bonds is 3. The Morgan fingerprint density at radius 3 is 2.80 bits per heavy atom. The summed E-state index contributed by atoms with van der Waals surface area (Å²) in [5.41, 5.74) is 2.68. The Morgan fingerprint density at radius 2 is 2.04 bits per heavy atom. The van der Waals surface area contributed by atoms with Crippen LogP contribution >= 0.6 is 0 Å². The number of hydrogen-bond donors (Lipinski definition) is 2. The molecule has 3 aromatic rings. The number of imidazole rings is 1. The lowest BCUT2D eigenvalue weighted by Gasteiger charge is -2.23. The molecule has 1 aromatic heterocycles. The summed E-state index contributed by atoms with van der Waals surface area (Å²) < 4.78 is 5.14. The Bertz CT molecular complexity index is 855. The van der Waals surface area contributed by atoms with E-state index in [0.29, 0.717) is 0 Å². The molecule has 2 amide bonds. The molecule has 0 radical (unpaired) electrons. The van der Waals surface area contributed by atoms with Crippen LogP contribution in [0.4, 0.5) is 10.5 Å². The molecular weight excluding hydrogens is 316 g/mol. The molecule has 128 valence electrons. The number of benzene rings is 2. The van der Waals surface area contributed by atoms with Crippen LogP contribution in [0, 0.1) is 0 Å². The summed E-state index contributed by atoms with van der Waals surface area (Å²) in [6.07, 6.45) is 1.88. The van der Waals surface area contributed by atoms with Crippen LogP contribution in [0.25, 0.3) is 11.0 Å². The van der Waals surface area contributed by atoms with E-state index in [1.807, 2.05) is 53.4 Å². The smallest absolute Gasteiger partial charge is 0.322 e. The van der Waals surface area contributed by atoms with Crippen LogP contribution in [0.5, 0.6) is 5.75 Å². The molecule has 0 aliphatic carbocycles. The number of methoxy groups -OCH3 is 1. The highest BCUT2D eigenvalue weighted by atomic mass is 16.5. The number of ether oxygens (including phenoxy) is 1. The van der Waals surface area contributed by atoms with Crippen LogP contribution in [0.1, 0.15) is 24.7 Å². The fourth-order valence-electron chi connectivity index (χ4n) is 3.29. The molecule has 1 aliphatic rings. The molecule has 4 rings (SSSR count). The minimum Gasteiger partial charge on any atom is -0.497 e. The van der Waals surface area contributed by atoms with Crippen molar-refractivity contribution in [3.05, 3.63) is 54.4 Å². The molecule has 25 heavy (non-hydrogen) atoms. The number of amides is 2. The third kappa shape index (κ3) is 3.03. The van der Waals surface area contributed by atoms with Crippen molar-refractivity contribution in [1.82, 2.24) is 14.9 Å². The van der Waals surface area contributed by atoms with Crippen molar-refractivity contribution >= 4 is 22.8 Å². The number of aromatic nitrogens is 2. The van der Waals surface area contributed by atoms with E-state index in [0.717, 1.165) is 47.7 Å². The molecule has 6 heteroatoms. The Balaban J connectivity index is 1.52. The fraction of sp³-hybridized carbons (Fsp3) is 0.263. The van der Waals surface area contributed by atoms with Crippen LogP contribution in [0.2, 0.25) is 0 Å². The monoisotopic (exact) mass is 336 g/mol. The normalized spacial score (nSPS) is 17.0. The predicted octanol–water partition coefficient (Wildman–Crippen LogP) is 3.94. The highest BCUT2D eigenvalue weighted by Crippen LogP contribution is 2.32. The number of anilines is 1. The van der Waals surface area contributed by atoms with E-state index in [4.69, 9.17) is 4.74 Å². The van der Waals surface area contributed by atoms with Gasteiger partial charge in [0.1, 0.15) is 11.6 Å². The highest BCUT2D eigenvalue weighted by molar-refractivity contribution is 5.90. The zero-order valence-electron chi connectivity index (χ0n) is 14.0. The molecule has 0 saturated carbocycles. The second-order valence-corrected chi connectivity index (χ2v) is 6.15. The molecule has 1 fully saturated rings. The molecule has 0 bridgehead atoms. The first-order chi connectivity index (χ1) is 12.2. The zero-order valence-corrected chi connectivity index (χ0v) is 14.0. The maximum Gasteiger partial charge on any atom is 0.322 e. The van der Waals surface area contributed by atoms with Gasteiger partial charge in [0.05, 0.1) is 24.2 Å². The van der Waals surface area contributed by atoms with Gasteiger partial charge in [-0.3, -0.25) is 0 Å². The summed E-state index contributed by atoms with van der Waals surface area (Å²) in [5, 5.41) is 2.96. The SMILES string of the molecule is COc1ccc(NC(=O)N2CCCC2c2nc3ccccc3[nH]2)cc1. The molecule has 1 aliphatic heterocycles. The van der Waals surface area contributed by atoms with Crippen molar-refractivity contribution in [2.75, 3.05) is 19.0 Å². The quantitative estimate of drug-likeness (QED) is 0.761. The van der Waals surface area contributed by atoms with Gasteiger partial charge >= 0.3 is 6.03 Å². The van der Waals surface area contributed by atoms with Gasteiger partial charge in [-0.1, -0.05) is 12.1 Å². The number of aromatic amines is 1. The van der Waals surface area contributed by atoms with Gasteiger partial charge in [0, 0.05) is 12.2 Å². The Labute approximate surface area is 145 Å². The molecule has 2 heterocycles. The molecule has 2 aromatic carbocycles. The fourth-order valence-corrected chi connectivity index (χ4v) is 3.29. The first-order valence-electron chi connectivity index (χ1n) is 8.41. The average molecular weight is 336 g/mol. The number of likely N-dealkylation sites (tertiary alicyclic amines) is 1. The van der Waals surface area contributed by atoms with Gasteiger partial charge in [0.2, 0.25) is 0 Å². The van der Waals surface area contributed by atoms with Crippen LogP contribution in [0.3, 0.4) is 0 Å². The highest BCUT2D eigenvalue weighted by Gasteiger charge is 2.32. The van der Waals surface area contributed by atoms with Gasteiger partial charge in [0.15, 0.2) is 0 Å². The largest absolute Gasteiger partial charge is 0.497 e. The van der Waals surface area contributed by atoms with Crippen molar-refractivity contribution in [2.45, 2.75) is 18.9 Å². The van der Waals surface area contributed by atoms with E-state index in [1.54, 1.807) is 7.11 Å². The molecule has 6 nitrogen and oxygen atoms in total. The first kappa shape index (κ1) is 15.5. The van der Waals surface area contributed by atoms with E-state index in [9.17, 15) is 4.79 Å². The Morgan fingerprint density at radius 1 is 1.24 bits per heavy atom. The molecule has 1 saturated heterocycles. The van der Waals surface area contributed by atoms with E-state index < -0.39 is 0 Å². The summed E-state index contributed by atoms with van der Waals surface area (Å²) in [5.74, 6) is 1.61. The number of urea groups is 1. The van der Waals surface area contributed by atoms with Gasteiger partial charge in [-0.2, -0.15) is 0 Å². The standard InChI is InChI=1S/C19H20N4O2/c1-25-14-10-8-13(9-11-14)20-19(24)23-12-4-7-17(23)18-21-15-5-2-3-6-16(15)22-18/h2-3,5-6,8-11,17H,4,7,12H2,1H3,(H,20,24)(H,21,22). The molecule has 0 spiro atoms. The van der Waals surface area contributed by atoms with Crippen LogP contribution in [-0.4, -0.2) is 34.6 Å². The van der Waals surface area contributed by atoms with Gasteiger partial charge in [-0.25, -0.2) is 9.78 Å². The number of nitrogens with zero attached hydrogens (tertiary/aromatic N) is 2. The van der Waals surface area contributed by atoms with E-state index >= 15 is 0 Å². The lowest BCUT2D eigenvalue weighted by molar-refractivity contribution is 0.205. The number of carbonyl (C=O) groups is 1. The molecule has 1 atom stereocenters. The van der Waals surface area contributed by atoms with Crippen molar-refractivity contribution in [2.24, 2.45) is 0 Å². The molecule has 2 N–H and O–H groups in total. The summed E-state index contributed by atoms with van der Waals surface area (Å²) in [4.78, 5) is 22.6. The maximum atomic E-state index is 12.7. The topological polar surface area (TPSA) is 70.2 Å². The van der Waals surface area contributed by atoms with Crippen LogP contribution < -0.4 is 10.1 Å². The predicted molar refractivity (Wildman–Crippen MR) is 96.8 cm³/mol. The van der Waals surface area contributed by atoms with E-state index in [1.165, 1.54) is 0 Å². The third-order valence-electron chi connectivity index (χ3n) is 4.58. The van der Waals surface area contributed by atoms with Gasteiger partial charge in [-0.05, 0) is 49.2 Å². The van der Waals surface area contributed by atoms with E-state index in [-0.39, 0.29) is 12.1 Å². The van der Waals surface area contributed by atoms with Gasteiger partial charge in [-0.15, -0.1) is 0 Å². The van der Waals surface area contributed by atoms with Crippen molar-refractivity contribution in [1.29, 1.82) is 0 Å². The van der Waals surface area contributed by atoms with Crippen LogP contribution in [-0.2, 0) is 0 Å². The van der Waals surface area contributed by atoms with Crippen LogP contribution in [0.15, 0.2) is 48.5 Å². The number of H-pyrrole nitrogens is 1. The van der Waals surface area contributed by atoms with E-state index in [2.05, 4.69) is 15.3 Å². The summed E-state index contributed by atoms with van der Waals surface area (Å²) in [7, 11) is 1.62. The van der Waals surface area contributed by atoms with Crippen molar-refractivity contribution < 1.29 is 9.53 Å². The summed E-state index contributed by atoms with van der Waals surface area (Å²) in [6, 6.07) is 15.1. The average Bonchev–Trinajstić information content (AvgIpc) is 3.28. The number of para-hydroxylation sites is 2. The molecule has 1 unspecified atom stereocenters. The first-order valence-corrected chi connectivity index (χ1v) is 8.41. The lowest BCUT2D eigenvalue weighted by atomic mass is 10.2. The second kappa shape index (κ2) is 6.47. The minimum absolute atomic E-state index is 0.0225. The number of nitrogens with one attached hydrogen (secondary N) is 2. The number of fused-ring (bicyclic) bond motifs is 1. The Kier molecular flexibility index (Phi) is 4.01. The van der Waals surface area contributed by atoms with Crippen molar-refractivity contribution in [3.8, 4) is 5.75 Å². The number of carbonyl (C=O) groups excluding carboxylic acids is 1. The summed E-state index contributed by atoms with van der Waals surface area (Å²) in [6.45, 7) is 0.726. The second-order valence-electron chi connectivity index (χ2n) is 6.15. The third-order valence-corrected chi connectivity index (χ3v) is 4.58. The van der Waals surface area contributed by atoms with Gasteiger partial charge in [0.25, 0.3) is 0 Å². The summed E-state index contributed by atoms with van der Waals surface area (Å²) >= 11 is 0. The zero-order chi connectivity index (χ0) is 17.2. The Hall–Kier alpha value is -3.02. The lowest BCUT2D eigenvalue weighted by Crippen LogP contribution is -2.34. The molecular formula is C19H20N4O2. The van der Waals surface area contributed by atoms with Gasteiger partial charge < -0.3 is 19.9 Å². The maximum absolute atomic E-state index is 12.7. The van der Waals surface area contributed by atoms with Crippen molar-refractivity contribution in [3.63, 3.8) is 0 Å². The number of hydrogen-bond acceptors (Lipinski definition) is 3. The minimum atomic E-state index is -0.104.